The third kappa shape index (κ3) is 2.62. The highest BCUT2D eigenvalue weighted by atomic mass is 79.9. The van der Waals surface area contributed by atoms with Crippen LogP contribution in [0.5, 0.6) is 0 Å². The molecule has 0 radical (unpaired) electrons. The van der Waals surface area contributed by atoms with Gasteiger partial charge >= 0.3 is 0 Å². The fourth-order valence-electron chi connectivity index (χ4n) is 1.91. The topological polar surface area (TPSA) is 17.8 Å². The van der Waals surface area contributed by atoms with Crippen LogP contribution in [0.3, 0.4) is 0 Å². The zero-order valence-electron chi connectivity index (χ0n) is 10.6. The van der Waals surface area contributed by atoms with E-state index in [-0.39, 0.29) is 0 Å². The molecule has 0 spiro atoms. The SMILES string of the molecule is CCc1cc(CC)n(-c2ccc(CCl)cc2Br)n1. The molecular formula is C14H16BrClN2. The Labute approximate surface area is 121 Å². The van der Waals surface area contributed by atoms with Gasteiger partial charge in [-0.2, -0.15) is 5.10 Å². The minimum Gasteiger partial charge on any atom is -0.236 e. The van der Waals surface area contributed by atoms with E-state index in [1.54, 1.807) is 0 Å². The molecule has 0 aliphatic heterocycles. The number of halogens is 2. The van der Waals surface area contributed by atoms with E-state index in [2.05, 4.69) is 53.1 Å². The van der Waals surface area contributed by atoms with Crippen molar-refractivity contribution >= 4 is 27.5 Å². The van der Waals surface area contributed by atoms with Crippen molar-refractivity contribution in [1.29, 1.82) is 0 Å². The molecular weight excluding hydrogens is 312 g/mol. The summed E-state index contributed by atoms with van der Waals surface area (Å²) in [5.41, 5.74) is 4.53. The van der Waals surface area contributed by atoms with Crippen LogP contribution in [0.1, 0.15) is 30.8 Å². The van der Waals surface area contributed by atoms with Gasteiger partial charge < -0.3 is 0 Å². The summed E-state index contributed by atoms with van der Waals surface area (Å²) in [5, 5.41) is 4.64. The largest absolute Gasteiger partial charge is 0.236 e. The number of benzene rings is 1. The summed E-state index contributed by atoms with van der Waals surface area (Å²) in [5.74, 6) is 0.527. The van der Waals surface area contributed by atoms with E-state index in [1.807, 2.05) is 10.7 Å². The molecule has 0 aliphatic rings. The molecule has 0 bridgehead atoms. The first-order valence-electron chi connectivity index (χ1n) is 6.12. The monoisotopic (exact) mass is 326 g/mol. The number of rotatable bonds is 4. The number of aryl methyl sites for hydroxylation is 2. The molecule has 1 aromatic heterocycles. The van der Waals surface area contributed by atoms with Crippen LogP contribution in [0, 0.1) is 0 Å². The van der Waals surface area contributed by atoms with E-state index < -0.39 is 0 Å². The molecule has 96 valence electrons. The molecule has 0 fully saturated rings. The van der Waals surface area contributed by atoms with Crippen LogP contribution in [0.15, 0.2) is 28.7 Å². The number of nitrogens with zero attached hydrogens (tertiary/aromatic N) is 2. The highest BCUT2D eigenvalue weighted by Gasteiger charge is 2.10. The molecule has 18 heavy (non-hydrogen) atoms. The van der Waals surface area contributed by atoms with E-state index in [4.69, 9.17) is 11.6 Å². The molecule has 0 N–H and O–H groups in total. The van der Waals surface area contributed by atoms with Gasteiger partial charge in [-0.25, -0.2) is 4.68 Å². The van der Waals surface area contributed by atoms with Crippen molar-refractivity contribution in [2.24, 2.45) is 0 Å². The summed E-state index contributed by atoms with van der Waals surface area (Å²) >= 11 is 9.44. The molecule has 0 aliphatic carbocycles. The van der Waals surface area contributed by atoms with Gasteiger partial charge in [-0.3, -0.25) is 0 Å². The Morgan fingerprint density at radius 2 is 2.00 bits per heavy atom. The predicted octanol–water partition coefficient (Wildman–Crippen LogP) is 4.50. The lowest BCUT2D eigenvalue weighted by Crippen LogP contribution is -2.02. The molecule has 1 aromatic carbocycles. The van der Waals surface area contributed by atoms with Crippen LogP contribution in [-0.4, -0.2) is 9.78 Å². The Hall–Kier alpha value is -0.800. The number of hydrogen-bond acceptors (Lipinski definition) is 1. The molecule has 4 heteroatoms. The van der Waals surface area contributed by atoms with Gasteiger partial charge in [0.15, 0.2) is 0 Å². The fourth-order valence-corrected chi connectivity index (χ4v) is 2.67. The van der Waals surface area contributed by atoms with Gasteiger partial charge in [0.1, 0.15) is 0 Å². The second kappa shape index (κ2) is 5.89. The molecule has 2 rings (SSSR count). The maximum Gasteiger partial charge on any atom is 0.0791 e. The number of alkyl halides is 1. The molecule has 0 unspecified atom stereocenters. The quantitative estimate of drug-likeness (QED) is 0.756. The zero-order valence-corrected chi connectivity index (χ0v) is 12.9. The van der Waals surface area contributed by atoms with Crippen LogP contribution in [0.2, 0.25) is 0 Å². The van der Waals surface area contributed by atoms with Crippen molar-refractivity contribution in [2.75, 3.05) is 0 Å². The Morgan fingerprint density at radius 3 is 2.56 bits per heavy atom. The van der Waals surface area contributed by atoms with Crippen molar-refractivity contribution in [3.8, 4) is 5.69 Å². The first-order valence-corrected chi connectivity index (χ1v) is 7.44. The Bertz CT molecular complexity index is 549. The Kier molecular flexibility index (Phi) is 4.46. The third-order valence-corrected chi connectivity index (χ3v) is 3.90. The second-order valence-corrected chi connectivity index (χ2v) is 5.29. The minimum atomic E-state index is 0.527. The van der Waals surface area contributed by atoms with Gasteiger partial charge in [-0.15, -0.1) is 11.6 Å². The van der Waals surface area contributed by atoms with Gasteiger partial charge in [-0.05, 0) is 52.5 Å². The van der Waals surface area contributed by atoms with Crippen LogP contribution in [0.4, 0.5) is 0 Å². The molecule has 2 nitrogen and oxygen atoms in total. The number of aromatic nitrogens is 2. The van der Waals surface area contributed by atoms with Gasteiger partial charge in [-0.1, -0.05) is 19.9 Å². The van der Waals surface area contributed by atoms with Crippen LogP contribution in [0.25, 0.3) is 5.69 Å². The zero-order chi connectivity index (χ0) is 13.1. The second-order valence-electron chi connectivity index (χ2n) is 4.17. The Balaban J connectivity index is 2.50. The van der Waals surface area contributed by atoms with E-state index in [0.717, 1.165) is 34.3 Å². The summed E-state index contributed by atoms with van der Waals surface area (Å²) in [6, 6.07) is 8.32. The average molecular weight is 328 g/mol. The van der Waals surface area contributed by atoms with Crippen molar-refractivity contribution < 1.29 is 0 Å². The van der Waals surface area contributed by atoms with E-state index in [9.17, 15) is 0 Å². The van der Waals surface area contributed by atoms with Crippen LogP contribution >= 0.6 is 27.5 Å². The van der Waals surface area contributed by atoms with Crippen molar-refractivity contribution in [2.45, 2.75) is 32.6 Å². The smallest absolute Gasteiger partial charge is 0.0791 e. The molecule has 0 saturated heterocycles. The van der Waals surface area contributed by atoms with Crippen molar-refractivity contribution in [1.82, 2.24) is 9.78 Å². The maximum atomic E-state index is 5.84. The lowest BCUT2D eigenvalue weighted by Gasteiger charge is -2.09. The van der Waals surface area contributed by atoms with E-state index >= 15 is 0 Å². The molecule has 0 saturated carbocycles. The lowest BCUT2D eigenvalue weighted by atomic mass is 10.2. The third-order valence-electron chi connectivity index (χ3n) is 2.95. The molecule has 0 atom stereocenters. The first kappa shape index (κ1) is 13.6. The Morgan fingerprint density at radius 1 is 1.22 bits per heavy atom. The summed E-state index contributed by atoms with van der Waals surface area (Å²) in [6.45, 7) is 4.27. The number of hydrogen-bond donors (Lipinski definition) is 0. The summed E-state index contributed by atoms with van der Waals surface area (Å²) < 4.78 is 3.04. The summed E-state index contributed by atoms with van der Waals surface area (Å²) in [4.78, 5) is 0. The van der Waals surface area contributed by atoms with E-state index in [0.29, 0.717) is 5.88 Å². The van der Waals surface area contributed by atoms with Gasteiger partial charge in [0.2, 0.25) is 0 Å². The summed E-state index contributed by atoms with van der Waals surface area (Å²) in [6.07, 6.45) is 1.92. The highest BCUT2D eigenvalue weighted by Crippen LogP contribution is 2.25. The van der Waals surface area contributed by atoms with E-state index in [1.165, 1.54) is 5.69 Å². The maximum absolute atomic E-state index is 5.84. The average Bonchev–Trinajstić information content (AvgIpc) is 2.81. The van der Waals surface area contributed by atoms with Crippen LogP contribution < -0.4 is 0 Å². The molecule has 1 heterocycles. The standard InChI is InChI=1S/C14H16BrClN2/c1-3-11-8-12(4-2)18(17-11)14-6-5-10(9-16)7-13(14)15/h5-8H,3-4,9H2,1-2H3. The summed E-state index contributed by atoms with van der Waals surface area (Å²) in [7, 11) is 0. The predicted molar refractivity (Wildman–Crippen MR) is 79.6 cm³/mol. The minimum absolute atomic E-state index is 0.527. The molecule has 2 aromatic rings. The van der Waals surface area contributed by atoms with Crippen molar-refractivity contribution in [3.05, 3.63) is 45.7 Å². The van der Waals surface area contributed by atoms with Gasteiger partial charge in [0.25, 0.3) is 0 Å². The van der Waals surface area contributed by atoms with Gasteiger partial charge in [0, 0.05) is 16.0 Å². The highest BCUT2D eigenvalue weighted by molar-refractivity contribution is 9.10. The van der Waals surface area contributed by atoms with Gasteiger partial charge in [0.05, 0.1) is 11.4 Å². The normalized spacial score (nSPS) is 10.9. The fraction of sp³-hybridized carbons (Fsp3) is 0.357. The van der Waals surface area contributed by atoms with Crippen molar-refractivity contribution in [3.63, 3.8) is 0 Å². The lowest BCUT2D eigenvalue weighted by molar-refractivity contribution is 0.791. The van der Waals surface area contributed by atoms with Crippen LogP contribution in [-0.2, 0) is 18.7 Å². The first-order chi connectivity index (χ1) is 8.69. The molecule has 0 amide bonds.